The summed E-state index contributed by atoms with van der Waals surface area (Å²) in [6.07, 6.45) is 4.32. The first-order valence-electron chi connectivity index (χ1n) is 7.43. The summed E-state index contributed by atoms with van der Waals surface area (Å²) in [5.41, 5.74) is 0. The van der Waals surface area contributed by atoms with E-state index in [0.717, 1.165) is 25.7 Å². The molecular weight excluding hydrogens is 258 g/mol. The molecule has 1 aliphatic rings. The van der Waals surface area contributed by atoms with E-state index in [1.54, 1.807) is 7.11 Å². The molecule has 1 unspecified atom stereocenters. The molecule has 0 spiro atoms. The predicted octanol–water partition coefficient (Wildman–Crippen LogP) is 0.176. The molecule has 6 heteroatoms. The minimum Gasteiger partial charge on any atom is -0.385 e. The average Bonchev–Trinajstić information content (AvgIpc) is 3.23. The molecule has 20 heavy (non-hydrogen) atoms. The molecule has 1 fully saturated rings. The van der Waals surface area contributed by atoms with Gasteiger partial charge in [-0.2, -0.15) is 0 Å². The van der Waals surface area contributed by atoms with Crippen LogP contribution in [0.3, 0.4) is 0 Å². The smallest absolute Gasteiger partial charge is 0.236 e. The van der Waals surface area contributed by atoms with Crippen molar-refractivity contribution < 1.29 is 14.3 Å². The van der Waals surface area contributed by atoms with Crippen LogP contribution in [0.4, 0.5) is 0 Å². The van der Waals surface area contributed by atoms with E-state index in [9.17, 15) is 9.59 Å². The quantitative estimate of drug-likeness (QED) is 0.473. The molecule has 0 aromatic rings. The van der Waals surface area contributed by atoms with Crippen molar-refractivity contribution in [2.24, 2.45) is 0 Å². The summed E-state index contributed by atoms with van der Waals surface area (Å²) in [5.74, 6) is 0.106. The Morgan fingerprint density at radius 3 is 2.65 bits per heavy atom. The number of nitrogens with one attached hydrogen (secondary N) is 3. The molecule has 1 rings (SSSR count). The van der Waals surface area contributed by atoms with Crippen LogP contribution in [0.15, 0.2) is 0 Å². The summed E-state index contributed by atoms with van der Waals surface area (Å²) in [5, 5.41) is 8.91. The van der Waals surface area contributed by atoms with Crippen molar-refractivity contribution in [1.29, 1.82) is 0 Å². The van der Waals surface area contributed by atoms with Gasteiger partial charge in [0.1, 0.15) is 0 Å². The van der Waals surface area contributed by atoms with Gasteiger partial charge < -0.3 is 20.7 Å². The molecule has 0 bridgehead atoms. The molecule has 1 aliphatic carbocycles. The molecule has 1 atom stereocenters. The maximum absolute atomic E-state index is 11.7. The van der Waals surface area contributed by atoms with Crippen molar-refractivity contribution in [2.75, 3.05) is 26.8 Å². The van der Waals surface area contributed by atoms with Gasteiger partial charge in [-0.15, -0.1) is 0 Å². The van der Waals surface area contributed by atoms with Gasteiger partial charge in [-0.25, -0.2) is 0 Å². The first kappa shape index (κ1) is 16.9. The second-order valence-corrected chi connectivity index (χ2v) is 5.26. The van der Waals surface area contributed by atoms with Crippen LogP contribution in [0, 0.1) is 0 Å². The van der Waals surface area contributed by atoms with Gasteiger partial charge >= 0.3 is 0 Å². The molecule has 1 saturated carbocycles. The first-order chi connectivity index (χ1) is 9.63. The highest BCUT2D eigenvalue weighted by Crippen LogP contribution is 2.18. The van der Waals surface area contributed by atoms with Crippen LogP contribution < -0.4 is 16.0 Å². The lowest BCUT2D eigenvalue weighted by molar-refractivity contribution is -0.122. The number of rotatable bonds is 11. The molecule has 0 saturated heterocycles. The monoisotopic (exact) mass is 285 g/mol. The van der Waals surface area contributed by atoms with Crippen molar-refractivity contribution in [2.45, 2.75) is 51.1 Å². The van der Waals surface area contributed by atoms with E-state index in [-0.39, 0.29) is 17.9 Å². The fraction of sp³-hybridized carbons (Fsp3) is 0.857. The van der Waals surface area contributed by atoms with Gasteiger partial charge in [0, 0.05) is 32.7 Å². The highest BCUT2D eigenvalue weighted by Gasteiger charge is 2.22. The van der Waals surface area contributed by atoms with Crippen LogP contribution >= 0.6 is 0 Å². The second kappa shape index (κ2) is 9.72. The number of hydrogen-bond acceptors (Lipinski definition) is 4. The summed E-state index contributed by atoms with van der Waals surface area (Å²) in [7, 11) is 1.64. The highest BCUT2D eigenvalue weighted by atomic mass is 16.5. The molecule has 0 aromatic carbocycles. The first-order valence-corrected chi connectivity index (χ1v) is 7.43. The maximum Gasteiger partial charge on any atom is 0.236 e. The van der Waals surface area contributed by atoms with Crippen molar-refractivity contribution in [1.82, 2.24) is 16.0 Å². The lowest BCUT2D eigenvalue weighted by Gasteiger charge is -2.13. The van der Waals surface area contributed by atoms with E-state index >= 15 is 0 Å². The van der Waals surface area contributed by atoms with Gasteiger partial charge in [-0.3, -0.25) is 9.59 Å². The number of amides is 2. The normalized spacial score (nSPS) is 15.7. The molecule has 0 aliphatic heterocycles. The summed E-state index contributed by atoms with van der Waals surface area (Å²) >= 11 is 0. The van der Waals surface area contributed by atoms with Crippen LogP contribution in [-0.4, -0.2) is 50.7 Å². The molecular formula is C14H27N3O3. The predicted molar refractivity (Wildman–Crippen MR) is 77.4 cm³/mol. The Labute approximate surface area is 121 Å². The van der Waals surface area contributed by atoms with Gasteiger partial charge in [0.25, 0.3) is 0 Å². The van der Waals surface area contributed by atoms with E-state index in [1.165, 1.54) is 0 Å². The van der Waals surface area contributed by atoms with Crippen molar-refractivity contribution >= 4 is 11.8 Å². The molecule has 0 heterocycles. The van der Waals surface area contributed by atoms with Crippen LogP contribution in [0.1, 0.15) is 39.0 Å². The third-order valence-electron chi connectivity index (χ3n) is 3.19. The highest BCUT2D eigenvalue weighted by molar-refractivity contribution is 5.81. The van der Waals surface area contributed by atoms with Gasteiger partial charge in [0.15, 0.2) is 0 Å². The Balaban J connectivity index is 1.96. The zero-order valence-corrected chi connectivity index (χ0v) is 12.5. The van der Waals surface area contributed by atoms with Crippen LogP contribution in [-0.2, 0) is 14.3 Å². The van der Waals surface area contributed by atoms with Gasteiger partial charge in [0.2, 0.25) is 11.8 Å². The van der Waals surface area contributed by atoms with Crippen LogP contribution in [0.2, 0.25) is 0 Å². The Kier molecular flexibility index (Phi) is 8.22. The van der Waals surface area contributed by atoms with Gasteiger partial charge in [0.05, 0.1) is 6.04 Å². The zero-order chi connectivity index (χ0) is 14.8. The number of methoxy groups -OCH3 is 1. The van der Waals surface area contributed by atoms with Crippen LogP contribution in [0.5, 0.6) is 0 Å². The van der Waals surface area contributed by atoms with Gasteiger partial charge in [-0.1, -0.05) is 0 Å². The van der Waals surface area contributed by atoms with Crippen molar-refractivity contribution in [3.05, 3.63) is 0 Å². The summed E-state index contributed by atoms with van der Waals surface area (Å²) in [6.45, 7) is 3.78. The maximum atomic E-state index is 11.7. The topological polar surface area (TPSA) is 79.5 Å². The van der Waals surface area contributed by atoms with E-state index < -0.39 is 0 Å². The Morgan fingerprint density at radius 2 is 2.00 bits per heavy atom. The lowest BCUT2D eigenvalue weighted by atomic mass is 10.2. The Hall–Kier alpha value is -1.14. The fourth-order valence-electron chi connectivity index (χ4n) is 1.77. The van der Waals surface area contributed by atoms with Gasteiger partial charge in [-0.05, 0) is 39.2 Å². The summed E-state index contributed by atoms with van der Waals surface area (Å²) in [4.78, 5) is 23.1. The molecule has 116 valence electrons. The lowest BCUT2D eigenvalue weighted by Crippen LogP contribution is -2.43. The third kappa shape index (κ3) is 8.12. The number of ether oxygens (including phenoxy) is 1. The minimum absolute atomic E-state index is 0.0106. The Morgan fingerprint density at radius 1 is 1.25 bits per heavy atom. The zero-order valence-electron chi connectivity index (χ0n) is 12.5. The van der Waals surface area contributed by atoms with E-state index in [0.29, 0.717) is 32.2 Å². The third-order valence-corrected chi connectivity index (χ3v) is 3.19. The molecule has 2 amide bonds. The minimum atomic E-state index is -0.232. The van der Waals surface area contributed by atoms with Crippen LogP contribution in [0.25, 0.3) is 0 Å². The fourth-order valence-corrected chi connectivity index (χ4v) is 1.77. The number of carbonyl (C=O) groups is 2. The number of hydrogen-bond donors (Lipinski definition) is 3. The number of carbonyl (C=O) groups excluding carboxylic acids is 2. The molecule has 3 N–H and O–H groups in total. The summed E-state index contributed by atoms with van der Waals surface area (Å²) < 4.78 is 4.91. The summed E-state index contributed by atoms with van der Waals surface area (Å²) in [6, 6.07) is 0.191. The molecule has 0 aromatic heterocycles. The molecule has 6 nitrogen and oxygen atoms in total. The van der Waals surface area contributed by atoms with Crippen molar-refractivity contribution in [3.8, 4) is 0 Å². The Bertz CT molecular complexity index is 306. The largest absolute Gasteiger partial charge is 0.385 e. The van der Waals surface area contributed by atoms with E-state index in [4.69, 9.17) is 4.74 Å². The SMILES string of the molecule is COCCCNC(=O)C(C)NCCCC(=O)NC1CC1. The van der Waals surface area contributed by atoms with E-state index in [2.05, 4.69) is 16.0 Å². The molecule has 0 radical (unpaired) electrons. The standard InChI is InChI=1S/C14H27N3O3/c1-11(14(19)16-9-4-10-20-2)15-8-3-5-13(18)17-12-6-7-12/h11-12,15H,3-10H2,1-2H3,(H,16,19)(H,17,18). The average molecular weight is 285 g/mol. The second-order valence-electron chi connectivity index (χ2n) is 5.26. The van der Waals surface area contributed by atoms with E-state index in [1.807, 2.05) is 6.92 Å². The van der Waals surface area contributed by atoms with Crippen molar-refractivity contribution in [3.63, 3.8) is 0 Å².